The van der Waals surface area contributed by atoms with E-state index in [2.05, 4.69) is 22.2 Å². The molecule has 3 N–H and O–H groups in total. The van der Waals surface area contributed by atoms with Gasteiger partial charge in [-0.05, 0) is 56.0 Å². The van der Waals surface area contributed by atoms with Crippen molar-refractivity contribution in [2.75, 3.05) is 17.6 Å². The normalized spacial score (nSPS) is 20.6. The van der Waals surface area contributed by atoms with Crippen LogP contribution in [0.5, 0.6) is 0 Å². The predicted octanol–water partition coefficient (Wildman–Crippen LogP) is 4.18. The molecule has 1 aliphatic rings. The van der Waals surface area contributed by atoms with Crippen molar-refractivity contribution >= 4 is 44.9 Å². The molecule has 180 valence electrons. The van der Waals surface area contributed by atoms with Crippen molar-refractivity contribution in [2.24, 2.45) is 5.92 Å². The molecule has 3 atom stereocenters. The largest absolute Gasteiger partial charge is 0.383 e. The van der Waals surface area contributed by atoms with Crippen molar-refractivity contribution in [1.29, 1.82) is 0 Å². The lowest BCUT2D eigenvalue weighted by Gasteiger charge is -2.43. The van der Waals surface area contributed by atoms with Crippen LogP contribution in [0.1, 0.15) is 51.3 Å². The third kappa shape index (κ3) is 5.05. The molecular weight excluding hydrogens is 450 g/mol. The van der Waals surface area contributed by atoms with Crippen LogP contribution in [0.2, 0.25) is 0 Å². The highest BCUT2D eigenvalue weighted by atomic mass is 32.1. The topological polar surface area (TPSA) is 110 Å². The third-order valence-electron chi connectivity index (χ3n) is 6.23. The number of nitrogens with zero attached hydrogens (tertiary/aromatic N) is 3. The zero-order valence-electron chi connectivity index (χ0n) is 19.9. The summed E-state index contributed by atoms with van der Waals surface area (Å²) in [5.41, 5.74) is 10.8. The summed E-state index contributed by atoms with van der Waals surface area (Å²) in [6.07, 6.45) is 2.82. The molecule has 0 bridgehead atoms. The molecule has 0 unspecified atom stereocenters. The van der Waals surface area contributed by atoms with Crippen LogP contribution in [0.3, 0.4) is 0 Å². The number of likely N-dealkylation sites (tertiary alicyclic amines) is 1. The fraction of sp³-hybridized carbons (Fsp3) is 0.440. The first-order valence-electron chi connectivity index (χ1n) is 11.6. The molecule has 1 aromatic carbocycles. The monoisotopic (exact) mass is 481 g/mol. The van der Waals surface area contributed by atoms with Crippen LogP contribution in [0, 0.1) is 5.92 Å². The van der Waals surface area contributed by atoms with E-state index in [9.17, 15) is 9.59 Å². The third-order valence-corrected chi connectivity index (χ3v) is 7.04. The number of carbonyl (C=O) groups excluding carboxylic acids is 2. The highest BCUT2D eigenvalue weighted by Crippen LogP contribution is 2.37. The number of ether oxygens (including phenoxy) is 1. The van der Waals surface area contributed by atoms with E-state index in [1.165, 1.54) is 6.20 Å². The Bertz CT molecular complexity index is 1190. The van der Waals surface area contributed by atoms with Gasteiger partial charge in [0, 0.05) is 12.5 Å². The molecule has 34 heavy (non-hydrogen) atoms. The number of thiazole rings is 1. The van der Waals surface area contributed by atoms with Gasteiger partial charge in [-0.15, -0.1) is 11.3 Å². The summed E-state index contributed by atoms with van der Waals surface area (Å²) in [6, 6.07) is 7.51. The van der Waals surface area contributed by atoms with E-state index in [0.29, 0.717) is 30.9 Å². The van der Waals surface area contributed by atoms with Gasteiger partial charge in [0.1, 0.15) is 5.82 Å². The molecule has 3 aromatic rings. The number of aromatic nitrogens is 2. The number of anilines is 2. The van der Waals surface area contributed by atoms with Gasteiger partial charge in [0.05, 0.1) is 45.9 Å². The molecule has 9 heteroatoms. The Labute approximate surface area is 203 Å². The summed E-state index contributed by atoms with van der Waals surface area (Å²) in [7, 11) is 0. The van der Waals surface area contributed by atoms with E-state index in [-0.39, 0.29) is 24.2 Å². The SMILES string of the molecule is CCc1cc(NC(=O)C(=O)N2C[C@@H](C)[C@H](OC(C)C)C[C@@H]2c2ccc3scnc3c2)cnc1N. The second-order valence-corrected chi connectivity index (χ2v) is 9.95. The molecule has 0 saturated carbocycles. The molecule has 1 saturated heterocycles. The molecule has 2 aromatic heterocycles. The average molecular weight is 482 g/mol. The van der Waals surface area contributed by atoms with Crippen molar-refractivity contribution in [3.8, 4) is 0 Å². The first-order valence-corrected chi connectivity index (χ1v) is 12.5. The highest BCUT2D eigenvalue weighted by molar-refractivity contribution is 7.16. The van der Waals surface area contributed by atoms with Gasteiger partial charge in [0.15, 0.2) is 0 Å². The number of carbonyl (C=O) groups is 2. The molecule has 4 rings (SSSR count). The van der Waals surface area contributed by atoms with Gasteiger partial charge in [0.25, 0.3) is 0 Å². The fourth-order valence-corrected chi connectivity index (χ4v) is 5.14. The van der Waals surface area contributed by atoms with E-state index in [1.54, 1.807) is 22.3 Å². The maximum atomic E-state index is 13.4. The van der Waals surface area contributed by atoms with Crippen LogP contribution in [-0.4, -0.2) is 45.4 Å². The summed E-state index contributed by atoms with van der Waals surface area (Å²) in [5.74, 6) is -0.759. The Morgan fingerprint density at radius 2 is 2.09 bits per heavy atom. The number of hydrogen-bond acceptors (Lipinski definition) is 7. The number of amides is 2. The summed E-state index contributed by atoms with van der Waals surface area (Å²) in [6.45, 7) is 8.46. The van der Waals surface area contributed by atoms with Crippen molar-refractivity contribution in [1.82, 2.24) is 14.9 Å². The molecule has 0 spiro atoms. The summed E-state index contributed by atoms with van der Waals surface area (Å²) in [4.78, 5) is 36.6. The Kier molecular flexibility index (Phi) is 7.13. The molecule has 0 aliphatic carbocycles. The number of pyridine rings is 1. The zero-order valence-corrected chi connectivity index (χ0v) is 20.8. The summed E-state index contributed by atoms with van der Waals surface area (Å²) >= 11 is 1.57. The van der Waals surface area contributed by atoms with Gasteiger partial charge in [-0.1, -0.05) is 19.9 Å². The molecule has 1 fully saturated rings. The first-order chi connectivity index (χ1) is 16.3. The van der Waals surface area contributed by atoms with Crippen molar-refractivity contribution in [2.45, 2.75) is 58.8 Å². The number of benzene rings is 1. The molecule has 3 heterocycles. The van der Waals surface area contributed by atoms with Crippen LogP contribution in [-0.2, 0) is 20.7 Å². The molecular formula is C25H31N5O3S. The molecule has 8 nitrogen and oxygen atoms in total. The smallest absolute Gasteiger partial charge is 0.313 e. The minimum absolute atomic E-state index is 0.0170. The Balaban J connectivity index is 1.61. The summed E-state index contributed by atoms with van der Waals surface area (Å²) < 4.78 is 7.26. The molecule has 0 radical (unpaired) electrons. The van der Waals surface area contributed by atoms with E-state index in [0.717, 1.165) is 21.3 Å². The van der Waals surface area contributed by atoms with Crippen molar-refractivity contribution in [3.63, 3.8) is 0 Å². The summed E-state index contributed by atoms with van der Waals surface area (Å²) in [5, 5.41) is 2.71. The molecule has 2 amide bonds. The quantitative estimate of drug-likeness (QED) is 0.529. The minimum atomic E-state index is -0.691. The van der Waals surface area contributed by atoms with Gasteiger partial charge < -0.3 is 20.7 Å². The number of nitrogens with two attached hydrogens (primary N) is 1. The van der Waals surface area contributed by atoms with Crippen LogP contribution in [0.15, 0.2) is 36.0 Å². The van der Waals surface area contributed by atoms with Gasteiger partial charge >= 0.3 is 11.8 Å². The van der Waals surface area contributed by atoms with Crippen LogP contribution in [0.4, 0.5) is 11.5 Å². The Hall–Kier alpha value is -3.04. The second kappa shape index (κ2) is 10.1. The number of nitrogen functional groups attached to an aromatic ring is 1. The minimum Gasteiger partial charge on any atom is -0.383 e. The number of nitrogens with one attached hydrogen (secondary N) is 1. The maximum Gasteiger partial charge on any atom is 0.313 e. The van der Waals surface area contributed by atoms with Gasteiger partial charge in [-0.25, -0.2) is 9.97 Å². The van der Waals surface area contributed by atoms with Gasteiger partial charge in [-0.3, -0.25) is 9.59 Å². The fourth-order valence-electron chi connectivity index (χ4n) is 4.48. The van der Waals surface area contributed by atoms with Crippen molar-refractivity contribution in [3.05, 3.63) is 47.1 Å². The van der Waals surface area contributed by atoms with Crippen molar-refractivity contribution < 1.29 is 14.3 Å². The van der Waals surface area contributed by atoms with E-state index >= 15 is 0 Å². The number of hydrogen-bond donors (Lipinski definition) is 2. The average Bonchev–Trinajstić information content (AvgIpc) is 3.28. The highest BCUT2D eigenvalue weighted by Gasteiger charge is 2.39. The second-order valence-electron chi connectivity index (χ2n) is 9.07. The van der Waals surface area contributed by atoms with E-state index in [4.69, 9.17) is 10.5 Å². The van der Waals surface area contributed by atoms with E-state index in [1.807, 2.05) is 44.5 Å². The number of rotatable bonds is 5. The zero-order chi connectivity index (χ0) is 24.4. The van der Waals surface area contributed by atoms with Crippen LogP contribution < -0.4 is 11.1 Å². The lowest BCUT2D eigenvalue weighted by molar-refractivity contribution is -0.151. The van der Waals surface area contributed by atoms with Crippen LogP contribution >= 0.6 is 11.3 Å². The van der Waals surface area contributed by atoms with E-state index < -0.39 is 11.8 Å². The number of piperidine rings is 1. The molecule has 1 aliphatic heterocycles. The van der Waals surface area contributed by atoms with Gasteiger partial charge in [-0.2, -0.15) is 0 Å². The Morgan fingerprint density at radius 1 is 1.29 bits per heavy atom. The lowest BCUT2D eigenvalue weighted by atomic mass is 9.87. The Morgan fingerprint density at radius 3 is 2.82 bits per heavy atom. The lowest BCUT2D eigenvalue weighted by Crippen LogP contribution is -2.51. The standard InChI is InChI=1S/C25H31N5O3S/c1-5-16-8-18(11-27-23(16)26)29-24(31)25(32)30-12-15(4)21(33-14(2)3)10-20(30)17-6-7-22-19(9-17)28-13-34-22/h6-9,11,13-15,20-21H,5,10,12H2,1-4H3,(H2,26,27)(H,29,31)/t15-,20-,21-/m1/s1. The first kappa shape index (κ1) is 24.1. The maximum absolute atomic E-state index is 13.4. The van der Waals surface area contributed by atoms with Gasteiger partial charge in [0.2, 0.25) is 0 Å². The number of fused-ring (bicyclic) bond motifs is 1. The number of aryl methyl sites for hydroxylation is 1. The predicted molar refractivity (Wildman–Crippen MR) is 135 cm³/mol. The van der Waals surface area contributed by atoms with Crippen LogP contribution in [0.25, 0.3) is 10.2 Å².